The number of benzene rings is 1. The molecule has 0 saturated carbocycles. The summed E-state index contributed by atoms with van der Waals surface area (Å²) in [4.78, 5) is 11.2. The molecule has 0 aromatic heterocycles. The number of hydrogen-bond acceptors (Lipinski definition) is 2. The Bertz CT molecular complexity index is 364. The van der Waals surface area contributed by atoms with E-state index in [0.717, 1.165) is 24.2 Å². The van der Waals surface area contributed by atoms with Gasteiger partial charge in [0, 0.05) is 12.0 Å². The van der Waals surface area contributed by atoms with Crippen LogP contribution in [-0.2, 0) is 10.3 Å². The smallest absolute Gasteiger partial charge is 0.159 e. The lowest BCUT2D eigenvalue weighted by Gasteiger charge is -2.39. The Kier molecular flexibility index (Phi) is 2.16. The van der Waals surface area contributed by atoms with Crippen molar-refractivity contribution in [2.24, 2.45) is 0 Å². The summed E-state index contributed by atoms with van der Waals surface area (Å²) in [7, 11) is 0. The fourth-order valence-corrected chi connectivity index (χ4v) is 1.70. The van der Waals surface area contributed by atoms with Crippen molar-refractivity contribution in [2.45, 2.75) is 25.9 Å². The van der Waals surface area contributed by atoms with Crippen LogP contribution < -0.4 is 0 Å². The van der Waals surface area contributed by atoms with E-state index in [1.807, 2.05) is 24.3 Å². The Balaban J connectivity index is 2.35. The summed E-state index contributed by atoms with van der Waals surface area (Å²) in [6, 6.07) is 7.71. The molecule has 1 aliphatic rings. The molecule has 1 fully saturated rings. The van der Waals surface area contributed by atoms with Gasteiger partial charge in [0.1, 0.15) is 0 Å². The van der Waals surface area contributed by atoms with Crippen LogP contribution in [-0.4, -0.2) is 12.4 Å². The summed E-state index contributed by atoms with van der Waals surface area (Å²) >= 11 is 0. The first-order chi connectivity index (χ1) is 6.62. The van der Waals surface area contributed by atoms with Crippen LogP contribution in [0.25, 0.3) is 0 Å². The lowest BCUT2D eigenvalue weighted by molar-refractivity contribution is -0.140. The highest BCUT2D eigenvalue weighted by molar-refractivity contribution is 5.94. The Morgan fingerprint density at radius 1 is 1.50 bits per heavy atom. The number of carbonyl (C=O) groups excluding carboxylic acids is 1. The quantitative estimate of drug-likeness (QED) is 0.670. The normalized spacial score (nSPS) is 25.6. The van der Waals surface area contributed by atoms with Crippen LogP contribution in [0.4, 0.5) is 0 Å². The first kappa shape index (κ1) is 9.41. The van der Waals surface area contributed by atoms with Gasteiger partial charge in [-0.3, -0.25) is 4.79 Å². The standard InChI is InChI=1S/C12H14O2/c1-9(13)10-4-3-5-11(8-10)12(2)6-7-14-12/h3-5,8H,6-7H2,1-2H3. The van der Waals surface area contributed by atoms with Crippen LogP contribution in [0.15, 0.2) is 24.3 Å². The van der Waals surface area contributed by atoms with Crippen molar-refractivity contribution in [3.8, 4) is 0 Å². The average Bonchev–Trinajstić information content (AvgIpc) is 2.14. The second kappa shape index (κ2) is 3.21. The van der Waals surface area contributed by atoms with E-state index in [0.29, 0.717) is 0 Å². The molecule has 0 aliphatic carbocycles. The third-order valence-corrected chi connectivity index (χ3v) is 2.88. The topological polar surface area (TPSA) is 26.3 Å². The molecule has 1 saturated heterocycles. The molecule has 1 heterocycles. The van der Waals surface area contributed by atoms with E-state index < -0.39 is 0 Å². The first-order valence-electron chi connectivity index (χ1n) is 4.87. The van der Waals surface area contributed by atoms with Crippen molar-refractivity contribution in [2.75, 3.05) is 6.61 Å². The molecule has 0 radical (unpaired) electrons. The summed E-state index contributed by atoms with van der Waals surface area (Å²) in [5.74, 6) is 0.106. The minimum atomic E-state index is -0.161. The molecule has 1 atom stereocenters. The molecule has 2 nitrogen and oxygen atoms in total. The van der Waals surface area contributed by atoms with Crippen LogP contribution >= 0.6 is 0 Å². The number of rotatable bonds is 2. The zero-order valence-corrected chi connectivity index (χ0v) is 8.54. The number of ketones is 1. The maximum Gasteiger partial charge on any atom is 0.159 e. The Morgan fingerprint density at radius 2 is 2.21 bits per heavy atom. The van der Waals surface area contributed by atoms with Gasteiger partial charge in [-0.05, 0) is 25.5 Å². The number of Topliss-reactive ketones (excluding diaryl/α,β-unsaturated/α-hetero) is 1. The first-order valence-corrected chi connectivity index (χ1v) is 4.87. The fraction of sp³-hybridized carbons (Fsp3) is 0.417. The molecule has 2 rings (SSSR count). The van der Waals surface area contributed by atoms with Crippen molar-refractivity contribution in [3.63, 3.8) is 0 Å². The lowest BCUT2D eigenvalue weighted by Crippen LogP contribution is -2.37. The molecular weight excluding hydrogens is 176 g/mol. The largest absolute Gasteiger partial charge is 0.370 e. The molecule has 1 unspecified atom stereocenters. The van der Waals surface area contributed by atoms with Gasteiger partial charge in [-0.2, -0.15) is 0 Å². The lowest BCUT2D eigenvalue weighted by atomic mass is 9.87. The van der Waals surface area contributed by atoms with Crippen LogP contribution in [0, 0.1) is 0 Å². The van der Waals surface area contributed by atoms with E-state index in [1.54, 1.807) is 6.92 Å². The minimum Gasteiger partial charge on any atom is -0.370 e. The van der Waals surface area contributed by atoms with Crippen LogP contribution in [0.3, 0.4) is 0 Å². The van der Waals surface area contributed by atoms with Gasteiger partial charge in [0.25, 0.3) is 0 Å². The zero-order valence-electron chi connectivity index (χ0n) is 8.54. The fourth-order valence-electron chi connectivity index (χ4n) is 1.70. The minimum absolute atomic E-state index is 0.106. The van der Waals surface area contributed by atoms with Gasteiger partial charge < -0.3 is 4.74 Å². The summed E-state index contributed by atoms with van der Waals surface area (Å²) < 4.78 is 5.53. The Hall–Kier alpha value is -1.15. The molecule has 14 heavy (non-hydrogen) atoms. The number of carbonyl (C=O) groups is 1. The van der Waals surface area contributed by atoms with Gasteiger partial charge in [0.2, 0.25) is 0 Å². The molecule has 0 bridgehead atoms. The van der Waals surface area contributed by atoms with Gasteiger partial charge in [0.15, 0.2) is 5.78 Å². The molecular formula is C12H14O2. The van der Waals surface area contributed by atoms with Crippen molar-refractivity contribution in [1.29, 1.82) is 0 Å². The number of hydrogen-bond donors (Lipinski definition) is 0. The van der Waals surface area contributed by atoms with E-state index in [1.165, 1.54) is 0 Å². The van der Waals surface area contributed by atoms with E-state index in [4.69, 9.17) is 4.74 Å². The van der Waals surface area contributed by atoms with E-state index in [9.17, 15) is 4.79 Å². The Labute approximate surface area is 83.9 Å². The van der Waals surface area contributed by atoms with Gasteiger partial charge in [-0.15, -0.1) is 0 Å². The molecule has 2 heteroatoms. The zero-order chi connectivity index (χ0) is 10.2. The monoisotopic (exact) mass is 190 g/mol. The summed E-state index contributed by atoms with van der Waals surface area (Å²) in [6.07, 6.45) is 1.04. The number of ether oxygens (including phenoxy) is 1. The average molecular weight is 190 g/mol. The highest BCUT2D eigenvalue weighted by atomic mass is 16.5. The molecule has 0 N–H and O–H groups in total. The molecule has 0 spiro atoms. The molecule has 1 aliphatic heterocycles. The maximum atomic E-state index is 11.2. The van der Waals surface area contributed by atoms with Crippen molar-refractivity contribution in [3.05, 3.63) is 35.4 Å². The molecule has 74 valence electrons. The van der Waals surface area contributed by atoms with Crippen LogP contribution in [0.1, 0.15) is 36.2 Å². The Morgan fingerprint density at radius 3 is 2.71 bits per heavy atom. The third kappa shape index (κ3) is 1.46. The summed E-state index contributed by atoms with van der Waals surface area (Å²) in [5.41, 5.74) is 1.71. The van der Waals surface area contributed by atoms with Crippen molar-refractivity contribution >= 4 is 5.78 Å². The SMILES string of the molecule is CC(=O)c1cccc(C2(C)CCO2)c1. The predicted molar refractivity (Wildman–Crippen MR) is 54.4 cm³/mol. The van der Waals surface area contributed by atoms with Crippen molar-refractivity contribution < 1.29 is 9.53 Å². The van der Waals surface area contributed by atoms with Crippen LogP contribution in [0.2, 0.25) is 0 Å². The van der Waals surface area contributed by atoms with Gasteiger partial charge in [-0.1, -0.05) is 18.2 Å². The molecule has 0 amide bonds. The van der Waals surface area contributed by atoms with E-state index in [2.05, 4.69) is 6.92 Å². The third-order valence-electron chi connectivity index (χ3n) is 2.88. The second-order valence-corrected chi connectivity index (χ2v) is 3.97. The van der Waals surface area contributed by atoms with Gasteiger partial charge >= 0.3 is 0 Å². The van der Waals surface area contributed by atoms with Crippen LogP contribution in [0.5, 0.6) is 0 Å². The second-order valence-electron chi connectivity index (χ2n) is 3.97. The van der Waals surface area contributed by atoms with E-state index in [-0.39, 0.29) is 11.4 Å². The van der Waals surface area contributed by atoms with E-state index >= 15 is 0 Å². The summed E-state index contributed by atoms with van der Waals surface area (Å²) in [5, 5.41) is 0. The predicted octanol–water partition coefficient (Wildman–Crippen LogP) is 2.52. The maximum absolute atomic E-state index is 11.2. The van der Waals surface area contributed by atoms with Gasteiger partial charge in [0.05, 0.1) is 12.2 Å². The van der Waals surface area contributed by atoms with Gasteiger partial charge in [-0.25, -0.2) is 0 Å². The summed E-state index contributed by atoms with van der Waals surface area (Å²) in [6.45, 7) is 4.47. The molecule has 1 aromatic carbocycles. The highest BCUT2D eigenvalue weighted by Gasteiger charge is 2.34. The molecule has 1 aromatic rings. The highest BCUT2D eigenvalue weighted by Crippen LogP contribution is 2.36. The van der Waals surface area contributed by atoms with Crippen molar-refractivity contribution in [1.82, 2.24) is 0 Å².